The Balaban J connectivity index is 1.76. The Morgan fingerprint density at radius 1 is 1.23 bits per heavy atom. The van der Waals surface area contributed by atoms with E-state index in [4.69, 9.17) is 9.47 Å². The number of hydrogen-bond acceptors (Lipinski definition) is 8. The molecule has 0 saturated heterocycles. The van der Waals surface area contributed by atoms with Crippen LogP contribution in [0, 0.1) is 10.1 Å². The zero-order valence-electron chi connectivity index (χ0n) is 16.2. The summed E-state index contributed by atoms with van der Waals surface area (Å²) in [6.07, 6.45) is 0. The van der Waals surface area contributed by atoms with Crippen LogP contribution in [0.2, 0.25) is 0 Å². The number of benzene rings is 1. The quantitative estimate of drug-likeness (QED) is 0.429. The minimum Gasteiger partial charge on any atom is -0.493 e. The second kappa shape index (κ2) is 9.18. The summed E-state index contributed by atoms with van der Waals surface area (Å²) in [5.74, 6) is -0.346. The van der Waals surface area contributed by atoms with Gasteiger partial charge in [0.05, 0.1) is 36.6 Å². The number of nitrogens with zero attached hydrogens (tertiary/aromatic N) is 3. The Hall–Kier alpha value is -3.73. The zero-order chi connectivity index (χ0) is 21.7. The molecule has 0 atom stereocenters. The first-order valence-corrected chi connectivity index (χ1v) is 9.63. The highest BCUT2D eigenvalue weighted by atomic mass is 32.1. The van der Waals surface area contributed by atoms with Gasteiger partial charge < -0.3 is 14.8 Å². The number of carbonyl (C=O) groups is 1. The van der Waals surface area contributed by atoms with Crippen molar-refractivity contribution < 1.29 is 19.2 Å². The summed E-state index contributed by atoms with van der Waals surface area (Å²) in [7, 11) is 2.71. The van der Waals surface area contributed by atoms with E-state index in [-0.39, 0.29) is 35.7 Å². The van der Waals surface area contributed by atoms with Gasteiger partial charge in [-0.05, 0) is 17.5 Å². The first-order valence-electron chi connectivity index (χ1n) is 8.75. The lowest BCUT2D eigenvalue weighted by Crippen LogP contribution is -2.32. The van der Waals surface area contributed by atoms with Gasteiger partial charge in [-0.2, -0.15) is 5.10 Å². The standard InChI is InChI=1S/C19H18N4O6S/c1-28-15-10-12(14(23(26)27)11-16(15)29-2)19(25)20-7-8-22-18(24)6-5-13(21-22)17-4-3-9-30-17/h3-6,9-11H,7-8H2,1-2H3,(H,20,25). The van der Waals surface area contributed by atoms with Crippen molar-refractivity contribution in [3.05, 3.63) is 67.8 Å². The van der Waals surface area contributed by atoms with Gasteiger partial charge in [-0.15, -0.1) is 11.3 Å². The largest absolute Gasteiger partial charge is 0.493 e. The molecule has 11 heteroatoms. The number of nitro benzene ring substituents is 1. The molecule has 156 valence electrons. The third kappa shape index (κ3) is 4.46. The predicted octanol–water partition coefficient (Wildman–Crippen LogP) is 2.33. The topological polar surface area (TPSA) is 126 Å². The number of aromatic nitrogens is 2. The molecule has 1 N–H and O–H groups in total. The summed E-state index contributed by atoms with van der Waals surface area (Å²) < 4.78 is 11.4. The summed E-state index contributed by atoms with van der Waals surface area (Å²) in [4.78, 5) is 36.2. The average Bonchev–Trinajstić information content (AvgIpc) is 3.28. The maximum absolute atomic E-state index is 12.5. The summed E-state index contributed by atoms with van der Waals surface area (Å²) in [6.45, 7) is 0.149. The highest BCUT2D eigenvalue weighted by molar-refractivity contribution is 7.13. The molecule has 0 saturated carbocycles. The molecule has 0 aliphatic heterocycles. The number of hydrogen-bond donors (Lipinski definition) is 1. The van der Waals surface area contributed by atoms with Gasteiger partial charge in [0.15, 0.2) is 11.5 Å². The fraction of sp³-hybridized carbons (Fsp3) is 0.211. The van der Waals surface area contributed by atoms with E-state index in [1.165, 1.54) is 42.4 Å². The minimum atomic E-state index is -0.676. The summed E-state index contributed by atoms with van der Waals surface area (Å²) in [5, 5.41) is 20.1. The van der Waals surface area contributed by atoms with Crippen molar-refractivity contribution in [2.24, 2.45) is 0 Å². The molecule has 0 unspecified atom stereocenters. The zero-order valence-corrected chi connectivity index (χ0v) is 17.0. The molecule has 10 nitrogen and oxygen atoms in total. The number of carbonyl (C=O) groups excluding carboxylic acids is 1. The van der Waals surface area contributed by atoms with Crippen molar-refractivity contribution in [3.63, 3.8) is 0 Å². The van der Waals surface area contributed by atoms with E-state index in [9.17, 15) is 19.7 Å². The number of amides is 1. The number of ether oxygens (including phenoxy) is 2. The third-order valence-corrected chi connectivity index (χ3v) is 5.08. The second-order valence-electron chi connectivity index (χ2n) is 5.99. The number of nitro groups is 1. The SMILES string of the molecule is COc1cc(C(=O)NCCn2nc(-c3cccs3)ccc2=O)c([N+](=O)[O-])cc1OC. The molecule has 2 heterocycles. The van der Waals surface area contributed by atoms with E-state index in [2.05, 4.69) is 10.4 Å². The van der Waals surface area contributed by atoms with E-state index in [0.29, 0.717) is 5.69 Å². The highest BCUT2D eigenvalue weighted by Crippen LogP contribution is 2.34. The average molecular weight is 430 g/mol. The molecule has 0 bridgehead atoms. The van der Waals surface area contributed by atoms with Crippen molar-refractivity contribution in [2.45, 2.75) is 6.54 Å². The van der Waals surface area contributed by atoms with Crippen LogP contribution in [-0.2, 0) is 6.54 Å². The maximum atomic E-state index is 12.5. The Morgan fingerprint density at radius 3 is 2.60 bits per heavy atom. The van der Waals surface area contributed by atoms with E-state index >= 15 is 0 Å². The van der Waals surface area contributed by atoms with Gasteiger partial charge >= 0.3 is 0 Å². The number of nitrogens with one attached hydrogen (secondary N) is 1. The molecule has 0 spiro atoms. The molecular formula is C19H18N4O6S. The van der Waals surface area contributed by atoms with E-state index in [1.54, 1.807) is 6.07 Å². The Kier molecular flexibility index (Phi) is 6.42. The van der Waals surface area contributed by atoms with Gasteiger partial charge in [0.1, 0.15) is 11.3 Å². The maximum Gasteiger partial charge on any atom is 0.286 e. The first-order chi connectivity index (χ1) is 14.4. The fourth-order valence-electron chi connectivity index (χ4n) is 2.74. The lowest BCUT2D eigenvalue weighted by Gasteiger charge is -2.11. The molecule has 3 aromatic rings. The molecule has 0 aliphatic carbocycles. The predicted molar refractivity (Wildman–Crippen MR) is 110 cm³/mol. The molecule has 30 heavy (non-hydrogen) atoms. The Bertz CT molecular complexity index is 1130. The van der Waals surface area contributed by atoms with Crippen molar-refractivity contribution in [3.8, 4) is 22.1 Å². The van der Waals surface area contributed by atoms with Crippen LogP contribution < -0.4 is 20.3 Å². The van der Waals surface area contributed by atoms with Crippen molar-refractivity contribution >= 4 is 22.9 Å². The number of methoxy groups -OCH3 is 2. The van der Waals surface area contributed by atoms with Crippen LogP contribution in [0.3, 0.4) is 0 Å². The Labute approximate surface area is 174 Å². The molecule has 0 fully saturated rings. The van der Waals surface area contributed by atoms with Gasteiger partial charge in [-0.3, -0.25) is 19.7 Å². The molecule has 3 rings (SSSR count). The van der Waals surface area contributed by atoms with Gasteiger partial charge in [-0.25, -0.2) is 4.68 Å². The molecule has 1 amide bonds. The first kappa shape index (κ1) is 21.0. The van der Waals surface area contributed by atoms with E-state index in [0.717, 1.165) is 10.9 Å². The summed E-state index contributed by atoms with van der Waals surface area (Å²) >= 11 is 1.49. The Morgan fingerprint density at radius 2 is 1.97 bits per heavy atom. The van der Waals surface area contributed by atoms with Crippen molar-refractivity contribution in [2.75, 3.05) is 20.8 Å². The van der Waals surface area contributed by atoms with Gasteiger partial charge in [0.25, 0.3) is 17.2 Å². The van der Waals surface area contributed by atoms with E-state index in [1.807, 2.05) is 17.5 Å². The number of rotatable bonds is 8. The fourth-order valence-corrected chi connectivity index (χ4v) is 3.43. The van der Waals surface area contributed by atoms with Crippen LogP contribution in [0.5, 0.6) is 11.5 Å². The molecule has 0 aliphatic rings. The van der Waals surface area contributed by atoms with Crippen LogP contribution in [0.1, 0.15) is 10.4 Å². The van der Waals surface area contributed by atoms with Gasteiger partial charge in [0.2, 0.25) is 0 Å². The summed E-state index contributed by atoms with van der Waals surface area (Å²) in [5.41, 5.74) is -0.265. The van der Waals surface area contributed by atoms with Crippen molar-refractivity contribution in [1.29, 1.82) is 0 Å². The van der Waals surface area contributed by atoms with Crippen LogP contribution in [0.25, 0.3) is 10.6 Å². The van der Waals surface area contributed by atoms with Crippen LogP contribution in [0.4, 0.5) is 5.69 Å². The van der Waals surface area contributed by atoms with E-state index < -0.39 is 16.5 Å². The molecule has 1 aromatic carbocycles. The van der Waals surface area contributed by atoms with Gasteiger partial charge in [-0.1, -0.05) is 6.07 Å². The molecule has 2 aromatic heterocycles. The second-order valence-corrected chi connectivity index (χ2v) is 6.94. The normalized spacial score (nSPS) is 10.5. The lowest BCUT2D eigenvalue weighted by atomic mass is 10.1. The molecule has 0 radical (unpaired) electrons. The van der Waals surface area contributed by atoms with Gasteiger partial charge in [0, 0.05) is 18.7 Å². The monoisotopic (exact) mass is 430 g/mol. The van der Waals surface area contributed by atoms with Crippen LogP contribution in [-0.4, -0.2) is 41.4 Å². The van der Waals surface area contributed by atoms with Crippen LogP contribution >= 0.6 is 11.3 Å². The minimum absolute atomic E-state index is 0.0468. The van der Waals surface area contributed by atoms with Crippen molar-refractivity contribution in [1.82, 2.24) is 15.1 Å². The highest BCUT2D eigenvalue weighted by Gasteiger charge is 2.24. The third-order valence-electron chi connectivity index (χ3n) is 4.19. The molecular weight excluding hydrogens is 412 g/mol. The summed E-state index contributed by atoms with van der Waals surface area (Å²) in [6, 6.07) is 9.19. The lowest BCUT2D eigenvalue weighted by molar-refractivity contribution is -0.385. The van der Waals surface area contributed by atoms with Crippen LogP contribution in [0.15, 0.2) is 46.6 Å². The number of thiophene rings is 1. The smallest absolute Gasteiger partial charge is 0.286 e.